The van der Waals surface area contributed by atoms with Crippen LogP contribution < -0.4 is 4.74 Å². The van der Waals surface area contributed by atoms with Crippen molar-refractivity contribution >= 4 is 5.97 Å². The third-order valence-corrected chi connectivity index (χ3v) is 8.43. The molecule has 0 aliphatic rings. The summed E-state index contributed by atoms with van der Waals surface area (Å²) in [7, 11) is 0. The van der Waals surface area contributed by atoms with E-state index in [9.17, 15) is 4.79 Å². The number of ether oxygens (including phenoxy) is 2. The minimum atomic E-state index is -0.324. The average Bonchev–Trinajstić information content (AvgIpc) is 3.01. The Hall–Kier alpha value is -2.13. The molecule has 1 atom stereocenters. The predicted molar refractivity (Wildman–Crippen MR) is 180 cm³/mol. The van der Waals surface area contributed by atoms with Gasteiger partial charge in [-0.3, -0.25) is 0 Å². The molecule has 0 aromatic heterocycles. The Morgan fingerprint density at radius 2 is 1.02 bits per heavy atom. The van der Waals surface area contributed by atoms with Crippen LogP contribution in [0, 0.1) is 0 Å². The van der Waals surface area contributed by atoms with E-state index in [-0.39, 0.29) is 12.1 Å². The van der Waals surface area contributed by atoms with Crippen LogP contribution in [-0.4, -0.2) is 12.6 Å². The molecule has 42 heavy (non-hydrogen) atoms. The molecule has 0 saturated carbocycles. The highest BCUT2D eigenvalue weighted by molar-refractivity contribution is 5.91. The van der Waals surface area contributed by atoms with Crippen molar-refractivity contribution in [3.05, 3.63) is 65.2 Å². The average molecular weight is 579 g/mol. The standard InChI is InChI=1S/C39H62O3/c1-4-6-8-9-10-11-12-13-14-15-16-17-18-19-20-21-22-23-33-41-34(3)36-27-29-37(30-28-36)39(40)42-38-31-25-35(26-32-38)24-7-5-2/h25-32,34H,4-24,33H2,1-3H3. The van der Waals surface area contributed by atoms with E-state index in [4.69, 9.17) is 9.47 Å². The summed E-state index contributed by atoms with van der Waals surface area (Å²) < 4.78 is 11.6. The maximum absolute atomic E-state index is 12.6. The van der Waals surface area contributed by atoms with Gasteiger partial charge in [0, 0.05) is 6.61 Å². The van der Waals surface area contributed by atoms with Gasteiger partial charge in [-0.25, -0.2) is 4.79 Å². The molecule has 0 heterocycles. The maximum atomic E-state index is 12.6. The summed E-state index contributed by atoms with van der Waals surface area (Å²) in [5.74, 6) is 0.264. The molecule has 1 unspecified atom stereocenters. The topological polar surface area (TPSA) is 35.5 Å². The molecular weight excluding hydrogens is 516 g/mol. The molecule has 3 nitrogen and oxygen atoms in total. The van der Waals surface area contributed by atoms with E-state index >= 15 is 0 Å². The number of rotatable bonds is 26. The molecule has 0 fully saturated rings. The first kappa shape index (κ1) is 36.1. The number of esters is 1. The first-order chi connectivity index (χ1) is 20.6. The number of hydrogen-bond donors (Lipinski definition) is 0. The number of carbonyl (C=O) groups excluding carboxylic acids is 1. The van der Waals surface area contributed by atoms with Crippen molar-refractivity contribution < 1.29 is 14.3 Å². The Balaban J connectivity index is 1.44. The number of unbranched alkanes of at least 4 members (excludes halogenated alkanes) is 18. The molecule has 2 aromatic carbocycles. The monoisotopic (exact) mass is 578 g/mol. The fourth-order valence-corrected chi connectivity index (χ4v) is 5.52. The van der Waals surface area contributed by atoms with Crippen molar-refractivity contribution in [3.8, 4) is 5.75 Å². The largest absolute Gasteiger partial charge is 0.423 e. The summed E-state index contributed by atoms with van der Waals surface area (Å²) in [5, 5.41) is 0. The summed E-state index contributed by atoms with van der Waals surface area (Å²) >= 11 is 0. The van der Waals surface area contributed by atoms with Gasteiger partial charge in [-0.1, -0.05) is 154 Å². The number of hydrogen-bond acceptors (Lipinski definition) is 3. The fourth-order valence-electron chi connectivity index (χ4n) is 5.52. The Morgan fingerprint density at radius 1 is 0.571 bits per heavy atom. The summed E-state index contributed by atoms with van der Waals surface area (Å²) in [6.07, 6.45) is 28.4. The van der Waals surface area contributed by atoms with Crippen molar-refractivity contribution in [1.82, 2.24) is 0 Å². The van der Waals surface area contributed by atoms with Crippen molar-refractivity contribution in [2.75, 3.05) is 6.61 Å². The molecule has 2 rings (SSSR count). The zero-order valence-electron chi connectivity index (χ0n) is 27.5. The molecule has 2 aromatic rings. The molecule has 236 valence electrons. The van der Waals surface area contributed by atoms with Crippen molar-refractivity contribution in [2.24, 2.45) is 0 Å². The Morgan fingerprint density at radius 3 is 1.50 bits per heavy atom. The number of benzene rings is 2. The zero-order chi connectivity index (χ0) is 30.1. The minimum Gasteiger partial charge on any atom is -0.423 e. The molecular formula is C39H62O3. The molecule has 0 aliphatic carbocycles. The maximum Gasteiger partial charge on any atom is 0.343 e. The second kappa shape index (κ2) is 24.3. The summed E-state index contributed by atoms with van der Waals surface area (Å²) in [5.41, 5.74) is 2.93. The van der Waals surface area contributed by atoms with Crippen molar-refractivity contribution in [2.45, 2.75) is 162 Å². The van der Waals surface area contributed by atoms with E-state index in [2.05, 4.69) is 20.8 Å². The molecule has 0 aliphatic heterocycles. The third kappa shape index (κ3) is 17.1. The van der Waals surface area contributed by atoms with Gasteiger partial charge < -0.3 is 9.47 Å². The Labute approximate surface area is 259 Å². The lowest BCUT2D eigenvalue weighted by molar-refractivity contribution is 0.0626. The third-order valence-electron chi connectivity index (χ3n) is 8.43. The lowest BCUT2D eigenvalue weighted by Crippen LogP contribution is -2.09. The van der Waals surface area contributed by atoms with Crippen LogP contribution >= 0.6 is 0 Å². The zero-order valence-corrected chi connectivity index (χ0v) is 27.5. The normalized spacial score (nSPS) is 12.0. The quantitative estimate of drug-likeness (QED) is 0.0632. The fraction of sp³-hybridized carbons (Fsp3) is 0.667. The van der Waals surface area contributed by atoms with Gasteiger partial charge in [-0.2, -0.15) is 0 Å². The molecule has 0 bridgehead atoms. The summed E-state index contributed by atoms with van der Waals surface area (Å²) in [6.45, 7) is 7.36. The molecule has 0 saturated heterocycles. The van der Waals surface area contributed by atoms with Gasteiger partial charge in [0.2, 0.25) is 0 Å². The van der Waals surface area contributed by atoms with Crippen LogP contribution in [-0.2, 0) is 11.2 Å². The predicted octanol–water partition coefficient (Wildman–Crippen LogP) is 12.4. The second-order valence-corrected chi connectivity index (χ2v) is 12.3. The van der Waals surface area contributed by atoms with E-state index in [0.717, 1.165) is 25.0 Å². The molecule has 0 amide bonds. The smallest absolute Gasteiger partial charge is 0.343 e. The van der Waals surface area contributed by atoms with Crippen LogP contribution in [0.4, 0.5) is 0 Å². The van der Waals surface area contributed by atoms with Crippen LogP contribution in [0.2, 0.25) is 0 Å². The van der Waals surface area contributed by atoms with E-state index in [1.807, 2.05) is 48.5 Å². The van der Waals surface area contributed by atoms with Crippen LogP contribution in [0.25, 0.3) is 0 Å². The number of aryl methyl sites for hydroxylation is 1. The van der Waals surface area contributed by atoms with Gasteiger partial charge in [-0.05, 0) is 61.6 Å². The number of carbonyl (C=O) groups is 1. The first-order valence-corrected chi connectivity index (χ1v) is 17.7. The molecule has 0 radical (unpaired) electrons. The first-order valence-electron chi connectivity index (χ1n) is 17.7. The van der Waals surface area contributed by atoms with Gasteiger partial charge in [-0.15, -0.1) is 0 Å². The highest BCUT2D eigenvalue weighted by Gasteiger charge is 2.11. The molecule has 3 heteroatoms. The van der Waals surface area contributed by atoms with Gasteiger partial charge in [0.1, 0.15) is 5.75 Å². The van der Waals surface area contributed by atoms with Crippen LogP contribution in [0.15, 0.2) is 48.5 Å². The van der Waals surface area contributed by atoms with Crippen molar-refractivity contribution in [1.29, 1.82) is 0 Å². The summed E-state index contributed by atoms with van der Waals surface area (Å²) in [4.78, 5) is 12.6. The highest BCUT2D eigenvalue weighted by atomic mass is 16.5. The summed E-state index contributed by atoms with van der Waals surface area (Å²) in [6, 6.07) is 15.5. The van der Waals surface area contributed by atoms with E-state index in [1.54, 1.807) is 0 Å². The van der Waals surface area contributed by atoms with Gasteiger partial charge >= 0.3 is 5.97 Å². The van der Waals surface area contributed by atoms with Crippen molar-refractivity contribution in [3.63, 3.8) is 0 Å². The Bertz CT molecular complexity index is 902. The van der Waals surface area contributed by atoms with Gasteiger partial charge in [0.15, 0.2) is 0 Å². The SMILES string of the molecule is CCCCCCCCCCCCCCCCCCCCOC(C)c1ccc(C(=O)Oc2ccc(CCCC)cc2)cc1. The lowest BCUT2D eigenvalue weighted by Gasteiger charge is -2.14. The van der Waals surface area contributed by atoms with E-state index < -0.39 is 0 Å². The molecule has 0 N–H and O–H groups in total. The van der Waals surface area contributed by atoms with Gasteiger partial charge in [0.05, 0.1) is 11.7 Å². The second-order valence-electron chi connectivity index (χ2n) is 12.3. The highest BCUT2D eigenvalue weighted by Crippen LogP contribution is 2.20. The van der Waals surface area contributed by atoms with Crippen LogP contribution in [0.1, 0.15) is 177 Å². The Kier molecular flexibility index (Phi) is 20.9. The molecule has 0 spiro atoms. The minimum absolute atomic E-state index is 0.0246. The van der Waals surface area contributed by atoms with Crippen LogP contribution in [0.5, 0.6) is 5.75 Å². The van der Waals surface area contributed by atoms with Crippen LogP contribution in [0.3, 0.4) is 0 Å². The van der Waals surface area contributed by atoms with E-state index in [1.165, 1.54) is 128 Å². The van der Waals surface area contributed by atoms with E-state index in [0.29, 0.717) is 11.3 Å². The lowest BCUT2D eigenvalue weighted by atomic mass is 10.0. The van der Waals surface area contributed by atoms with Gasteiger partial charge in [0.25, 0.3) is 0 Å².